The van der Waals surface area contributed by atoms with Gasteiger partial charge in [-0.1, -0.05) is 50.2 Å². The van der Waals surface area contributed by atoms with Crippen LogP contribution in [0.4, 0.5) is 0 Å². The van der Waals surface area contributed by atoms with Crippen molar-refractivity contribution in [2.24, 2.45) is 34.5 Å². The van der Waals surface area contributed by atoms with Gasteiger partial charge in [0.05, 0.1) is 11.1 Å². The molecule has 0 amide bonds. The molecule has 0 bridgehead atoms. The molecule has 214 valence electrons. The molecule has 4 aliphatic carbocycles. The van der Waals surface area contributed by atoms with Crippen molar-refractivity contribution in [3.63, 3.8) is 0 Å². The maximum absolute atomic E-state index is 12.9. The second-order valence-corrected chi connectivity index (χ2v) is 13.7. The molecule has 0 saturated heterocycles. The Bertz CT molecular complexity index is 1230. The Kier molecular flexibility index (Phi) is 7.09. The molecule has 4 aliphatic rings. The summed E-state index contributed by atoms with van der Waals surface area (Å²) < 4.78 is 11.9. The minimum absolute atomic E-state index is 0.00657. The number of ether oxygens (including phenoxy) is 2. The summed E-state index contributed by atoms with van der Waals surface area (Å²) in [4.78, 5) is 25.6. The number of rotatable bonds is 5. The SMILES string of the molecule is C[C@@H](OC(=O)c1ccccc1)[C@@]1(O)CC[C@H]2[C@@H]3CC[C@H]4C[C@@H](OC(=O)c5ccccc5)CC[C@]4(C)[C@H]3CC[C@@]21C. The van der Waals surface area contributed by atoms with Crippen molar-refractivity contribution in [2.45, 2.75) is 96.4 Å². The van der Waals surface area contributed by atoms with Gasteiger partial charge < -0.3 is 14.6 Å². The quantitative estimate of drug-likeness (QED) is 0.402. The molecule has 40 heavy (non-hydrogen) atoms. The number of aliphatic hydroxyl groups is 1. The largest absolute Gasteiger partial charge is 0.459 e. The maximum Gasteiger partial charge on any atom is 0.338 e. The van der Waals surface area contributed by atoms with Crippen LogP contribution in [0.15, 0.2) is 60.7 Å². The van der Waals surface area contributed by atoms with Gasteiger partial charge in [0.25, 0.3) is 0 Å². The zero-order chi connectivity index (χ0) is 28.1. The smallest absolute Gasteiger partial charge is 0.338 e. The summed E-state index contributed by atoms with van der Waals surface area (Å²) >= 11 is 0. The minimum atomic E-state index is -1.02. The molecule has 5 nitrogen and oxygen atoms in total. The minimum Gasteiger partial charge on any atom is -0.459 e. The van der Waals surface area contributed by atoms with Crippen LogP contribution in [0.2, 0.25) is 0 Å². The molecule has 0 heterocycles. The first-order valence-corrected chi connectivity index (χ1v) is 15.4. The fraction of sp³-hybridized carbons (Fsp3) is 0.600. The lowest BCUT2D eigenvalue weighted by molar-refractivity contribution is -0.187. The molecule has 0 aliphatic heterocycles. The monoisotopic (exact) mass is 544 g/mol. The Balaban J connectivity index is 1.14. The summed E-state index contributed by atoms with van der Waals surface area (Å²) in [6, 6.07) is 18.4. The van der Waals surface area contributed by atoms with Gasteiger partial charge in [-0.2, -0.15) is 0 Å². The van der Waals surface area contributed by atoms with Crippen LogP contribution in [-0.4, -0.2) is 34.9 Å². The molecular weight excluding hydrogens is 500 g/mol. The second-order valence-electron chi connectivity index (χ2n) is 13.7. The number of carbonyl (C=O) groups excluding carboxylic acids is 2. The molecule has 0 radical (unpaired) electrons. The van der Waals surface area contributed by atoms with Gasteiger partial charge in [0.15, 0.2) is 0 Å². The van der Waals surface area contributed by atoms with Crippen LogP contribution in [0.3, 0.4) is 0 Å². The highest BCUT2D eigenvalue weighted by Gasteiger charge is 2.66. The first kappa shape index (κ1) is 27.5. The number of carbonyl (C=O) groups is 2. The molecule has 2 aromatic rings. The lowest BCUT2D eigenvalue weighted by Crippen LogP contribution is -2.60. The van der Waals surface area contributed by atoms with E-state index in [4.69, 9.17) is 9.47 Å². The Morgan fingerprint density at radius 1 is 0.800 bits per heavy atom. The molecule has 0 spiro atoms. The van der Waals surface area contributed by atoms with Crippen LogP contribution in [0, 0.1) is 34.5 Å². The second kappa shape index (κ2) is 10.3. The average Bonchev–Trinajstić information content (AvgIpc) is 3.25. The summed E-state index contributed by atoms with van der Waals surface area (Å²) in [5.74, 6) is 1.63. The molecule has 5 heteroatoms. The topological polar surface area (TPSA) is 72.8 Å². The number of hydrogen-bond acceptors (Lipinski definition) is 5. The van der Waals surface area contributed by atoms with Crippen molar-refractivity contribution >= 4 is 11.9 Å². The molecule has 4 saturated carbocycles. The molecule has 2 aromatic carbocycles. The predicted octanol–water partition coefficient (Wildman–Crippen LogP) is 7.23. The number of fused-ring (bicyclic) bond motifs is 5. The fourth-order valence-electron chi connectivity index (χ4n) is 9.74. The van der Waals surface area contributed by atoms with Crippen molar-refractivity contribution < 1.29 is 24.2 Å². The van der Waals surface area contributed by atoms with E-state index in [1.165, 1.54) is 6.42 Å². The summed E-state index contributed by atoms with van der Waals surface area (Å²) in [5, 5.41) is 12.2. The van der Waals surface area contributed by atoms with Gasteiger partial charge in [0.2, 0.25) is 0 Å². The van der Waals surface area contributed by atoms with E-state index in [1.54, 1.807) is 12.1 Å². The summed E-state index contributed by atoms with van der Waals surface area (Å²) in [6.07, 6.45) is 8.44. The number of benzene rings is 2. The van der Waals surface area contributed by atoms with Gasteiger partial charge in [-0.15, -0.1) is 0 Å². The zero-order valence-corrected chi connectivity index (χ0v) is 24.2. The highest BCUT2D eigenvalue weighted by atomic mass is 16.6. The van der Waals surface area contributed by atoms with E-state index in [1.807, 2.05) is 55.5 Å². The first-order valence-electron chi connectivity index (χ1n) is 15.4. The van der Waals surface area contributed by atoms with Crippen molar-refractivity contribution in [1.29, 1.82) is 0 Å². The number of hydrogen-bond donors (Lipinski definition) is 1. The van der Waals surface area contributed by atoms with Crippen LogP contribution < -0.4 is 0 Å². The summed E-state index contributed by atoms with van der Waals surface area (Å²) in [7, 11) is 0. The fourth-order valence-corrected chi connectivity index (χ4v) is 9.74. The first-order chi connectivity index (χ1) is 19.2. The number of esters is 2. The molecule has 6 rings (SSSR count). The van der Waals surface area contributed by atoms with E-state index in [0.29, 0.717) is 41.2 Å². The van der Waals surface area contributed by atoms with Crippen LogP contribution in [-0.2, 0) is 9.47 Å². The van der Waals surface area contributed by atoms with Gasteiger partial charge >= 0.3 is 11.9 Å². The van der Waals surface area contributed by atoms with E-state index in [0.717, 1.165) is 44.9 Å². The normalized spacial score (nSPS) is 39.2. The molecule has 9 atom stereocenters. The lowest BCUT2D eigenvalue weighted by atomic mass is 9.44. The van der Waals surface area contributed by atoms with E-state index in [-0.39, 0.29) is 28.9 Å². The van der Waals surface area contributed by atoms with Crippen molar-refractivity contribution in [3.05, 3.63) is 71.8 Å². The van der Waals surface area contributed by atoms with Crippen molar-refractivity contribution in [1.82, 2.24) is 0 Å². The van der Waals surface area contributed by atoms with E-state index in [9.17, 15) is 14.7 Å². The molecule has 1 N–H and O–H groups in total. The van der Waals surface area contributed by atoms with Crippen LogP contribution in [0.5, 0.6) is 0 Å². The highest BCUT2D eigenvalue weighted by molar-refractivity contribution is 5.89. The van der Waals surface area contributed by atoms with E-state index in [2.05, 4.69) is 13.8 Å². The van der Waals surface area contributed by atoms with E-state index < -0.39 is 11.7 Å². The van der Waals surface area contributed by atoms with E-state index >= 15 is 0 Å². The summed E-state index contributed by atoms with van der Waals surface area (Å²) in [5.41, 5.74) is 0.109. The third-order valence-electron chi connectivity index (χ3n) is 12.1. The zero-order valence-electron chi connectivity index (χ0n) is 24.2. The molecular formula is C35H44O5. The predicted molar refractivity (Wildman–Crippen MR) is 154 cm³/mol. The molecule has 0 aromatic heterocycles. The third kappa shape index (κ3) is 4.40. The highest BCUT2D eigenvalue weighted by Crippen LogP contribution is 2.69. The van der Waals surface area contributed by atoms with Crippen LogP contribution in [0.1, 0.15) is 99.3 Å². The maximum atomic E-state index is 12.9. The van der Waals surface area contributed by atoms with Gasteiger partial charge in [-0.25, -0.2) is 9.59 Å². The Hall–Kier alpha value is -2.66. The van der Waals surface area contributed by atoms with Gasteiger partial charge in [-0.3, -0.25) is 0 Å². The Morgan fingerprint density at radius 2 is 1.43 bits per heavy atom. The van der Waals surface area contributed by atoms with Gasteiger partial charge in [0, 0.05) is 5.41 Å². The van der Waals surface area contributed by atoms with Gasteiger partial charge in [0.1, 0.15) is 17.8 Å². The third-order valence-corrected chi connectivity index (χ3v) is 12.1. The van der Waals surface area contributed by atoms with Gasteiger partial charge in [-0.05, 0) is 118 Å². The average molecular weight is 545 g/mol. The molecule has 0 unspecified atom stereocenters. The van der Waals surface area contributed by atoms with Crippen LogP contribution >= 0.6 is 0 Å². The Labute approximate surface area is 238 Å². The standard InChI is InChI=1S/C35H44O5/c1-23(39-31(36)24-10-6-4-7-11-24)35(38)21-18-30-28-15-14-26-22-27(40-32(37)25-12-8-5-9-13-25)16-19-33(26,2)29(28)17-20-34(30,35)3/h4-13,23,26-30,38H,14-22H2,1-3H3/t23-,26+,27+,28-,29+,30+,33+,34+,35+/m1/s1. The van der Waals surface area contributed by atoms with Crippen LogP contribution in [0.25, 0.3) is 0 Å². The Morgan fingerprint density at radius 3 is 2.10 bits per heavy atom. The lowest BCUT2D eigenvalue weighted by Gasteiger charge is -2.62. The molecule has 4 fully saturated rings. The summed E-state index contributed by atoms with van der Waals surface area (Å²) in [6.45, 7) is 6.65. The van der Waals surface area contributed by atoms with Crippen molar-refractivity contribution in [2.75, 3.05) is 0 Å². The van der Waals surface area contributed by atoms with Crippen molar-refractivity contribution in [3.8, 4) is 0 Å².